The van der Waals surface area contributed by atoms with Crippen molar-refractivity contribution in [3.8, 4) is 6.01 Å². The van der Waals surface area contributed by atoms with Crippen LogP contribution < -0.4 is 15.4 Å². The molecule has 0 spiro atoms. The minimum absolute atomic E-state index is 0.219. The van der Waals surface area contributed by atoms with E-state index in [0.717, 1.165) is 59.5 Å². The SMILES string of the molecule is CC(C)(C)n1nnnc1C(NCCCCNc1ccnc2cc(Cl)ccc12)c1ccc(CO[C@@H]2COc3nc([N+](=O)[O-])cn3C2)cc1. The quantitative estimate of drug-likeness (QED) is 0.0960. The molecule has 15 heteroatoms. The number of pyridine rings is 1. The third-order valence-corrected chi connectivity index (χ3v) is 8.11. The predicted octanol–water partition coefficient (Wildman–Crippen LogP) is 5.28. The van der Waals surface area contributed by atoms with Crippen LogP contribution in [0.5, 0.6) is 6.01 Å². The van der Waals surface area contributed by atoms with E-state index in [1.807, 2.05) is 41.1 Å². The molecule has 14 nitrogen and oxygen atoms in total. The summed E-state index contributed by atoms with van der Waals surface area (Å²) in [5, 5.41) is 32.7. The lowest BCUT2D eigenvalue weighted by molar-refractivity contribution is -0.389. The molecule has 47 heavy (non-hydrogen) atoms. The third-order valence-electron chi connectivity index (χ3n) is 7.87. The van der Waals surface area contributed by atoms with Gasteiger partial charge in [0.05, 0.1) is 30.2 Å². The van der Waals surface area contributed by atoms with Crippen molar-refractivity contribution < 1.29 is 14.4 Å². The molecule has 1 aliphatic rings. The Morgan fingerprint density at radius 2 is 1.96 bits per heavy atom. The fraction of sp³-hybridized carbons (Fsp3) is 0.406. The number of anilines is 1. The lowest BCUT2D eigenvalue weighted by Gasteiger charge is -2.25. The molecule has 2 N–H and O–H groups in total. The van der Waals surface area contributed by atoms with Crippen molar-refractivity contribution in [3.05, 3.63) is 93.0 Å². The summed E-state index contributed by atoms with van der Waals surface area (Å²) in [6, 6.07) is 15.9. The number of fused-ring (bicyclic) bond motifs is 2. The Labute approximate surface area is 276 Å². The number of nitrogens with one attached hydrogen (secondary N) is 2. The molecule has 246 valence electrons. The van der Waals surface area contributed by atoms with Gasteiger partial charge in [0.2, 0.25) is 0 Å². The summed E-state index contributed by atoms with van der Waals surface area (Å²) in [7, 11) is 0. The lowest BCUT2D eigenvalue weighted by atomic mass is 10.0. The van der Waals surface area contributed by atoms with Gasteiger partial charge in [-0.2, -0.15) is 0 Å². The van der Waals surface area contributed by atoms with E-state index in [1.54, 1.807) is 10.8 Å². The van der Waals surface area contributed by atoms with Crippen LogP contribution in [0.2, 0.25) is 5.02 Å². The fourth-order valence-corrected chi connectivity index (χ4v) is 5.65. The van der Waals surface area contributed by atoms with Crippen LogP contribution in [-0.2, 0) is 23.4 Å². The number of hydrogen-bond donors (Lipinski definition) is 2. The Morgan fingerprint density at radius 1 is 1.15 bits per heavy atom. The molecule has 2 aromatic carbocycles. The lowest BCUT2D eigenvalue weighted by Crippen LogP contribution is -2.32. The normalized spacial score (nSPS) is 15.3. The third kappa shape index (κ3) is 7.67. The average molecular weight is 661 g/mol. The van der Waals surface area contributed by atoms with Gasteiger partial charge in [0.15, 0.2) is 5.82 Å². The van der Waals surface area contributed by atoms with E-state index in [-0.39, 0.29) is 36.1 Å². The zero-order chi connectivity index (χ0) is 33.0. The highest BCUT2D eigenvalue weighted by molar-refractivity contribution is 6.31. The van der Waals surface area contributed by atoms with E-state index in [1.165, 1.54) is 6.20 Å². The Kier molecular flexibility index (Phi) is 9.61. The number of hydrogen-bond acceptors (Lipinski definition) is 11. The number of nitrogens with zero attached hydrogens (tertiary/aromatic N) is 8. The van der Waals surface area contributed by atoms with E-state index in [2.05, 4.69) is 69.0 Å². The van der Waals surface area contributed by atoms with Crippen LogP contribution in [0.15, 0.2) is 60.9 Å². The molecule has 3 aromatic heterocycles. The maximum absolute atomic E-state index is 11.0. The van der Waals surface area contributed by atoms with Gasteiger partial charge >= 0.3 is 11.8 Å². The first-order valence-corrected chi connectivity index (χ1v) is 15.9. The van der Waals surface area contributed by atoms with Crippen LogP contribution in [-0.4, -0.2) is 65.5 Å². The molecule has 0 saturated carbocycles. The second kappa shape index (κ2) is 14.0. The van der Waals surface area contributed by atoms with Gasteiger partial charge in [-0.1, -0.05) is 35.9 Å². The summed E-state index contributed by atoms with van der Waals surface area (Å²) < 4.78 is 15.1. The number of ether oxygens (including phenoxy) is 2. The largest absolute Gasteiger partial charge is 0.443 e. The van der Waals surface area contributed by atoms with Gasteiger partial charge in [0, 0.05) is 33.8 Å². The average Bonchev–Trinajstić information content (AvgIpc) is 3.72. The standard InChI is InChI=1S/C32H37ClN10O4/c1-32(2,3)42-30(38-39-40-42)29(36-14-5-4-13-34-26-12-15-35-27-16-23(33)10-11-25(26)27)22-8-6-21(7-9-22)19-46-24-17-41-18-28(43(44)45)37-31(41)47-20-24/h6-12,15-16,18,24,29,36H,4-5,13-14,17,19-20H2,1-3H3,(H,34,35)/t24-,29?/m0/s1. The first-order chi connectivity index (χ1) is 22.7. The van der Waals surface area contributed by atoms with Crippen LogP contribution in [0.1, 0.15) is 56.6 Å². The van der Waals surface area contributed by atoms with Crippen molar-refractivity contribution in [2.45, 2.75) is 64.4 Å². The monoisotopic (exact) mass is 660 g/mol. The molecule has 4 heterocycles. The van der Waals surface area contributed by atoms with E-state index in [9.17, 15) is 10.1 Å². The molecular weight excluding hydrogens is 624 g/mol. The molecule has 1 aliphatic heterocycles. The van der Waals surface area contributed by atoms with Crippen LogP contribution in [0.3, 0.4) is 0 Å². The maximum atomic E-state index is 11.0. The van der Waals surface area contributed by atoms with E-state index in [0.29, 0.717) is 18.2 Å². The second-order valence-corrected chi connectivity index (χ2v) is 12.9. The zero-order valence-corrected chi connectivity index (χ0v) is 27.2. The molecule has 0 amide bonds. The molecule has 0 aliphatic carbocycles. The highest BCUT2D eigenvalue weighted by atomic mass is 35.5. The molecule has 5 aromatic rings. The Balaban J connectivity index is 1.06. The minimum atomic E-state index is -0.533. The smallest absolute Gasteiger partial charge is 0.414 e. The van der Waals surface area contributed by atoms with Crippen LogP contribution in [0.25, 0.3) is 10.9 Å². The van der Waals surface area contributed by atoms with E-state index >= 15 is 0 Å². The van der Waals surface area contributed by atoms with Gasteiger partial charge in [-0.25, -0.2) is 4.68 Å². The van der Waals surface area contributed by atoms with Gasteiger partial charge in [0.1, 0.15) is 18.9 Å². The molecule has 1 unspecified atom stereocenters. The van der Waals surface area contributed by atoms with Gasteiger partial charge < -0.3 is 30.2 Å². The predicted molar refractivity (Wildman–Crippen MR) is 177 cm³/mol. The Hall–Kier alpha value is -4.66. The number of halogens is 1. The zero-order valence-electron chi connectivity index (χ0n) is 26.5. The fourth-order valence-electron chi connectivity index (χ4n) is 5.49. The Bertz CT molecular complexity index is 1840. The molecule has 0 fully saturated rings. The molecular formula is C32H37ClN10O4. The molecule has 6 rings (SSSR count). The first-order valence-electron chi connectivity index (χ1n) is 15.5. The van der Waals surface area contributed by atoms with Crippen molar-refractivity contribution in [1.82, 2.24) is 40.1 Å². The van der Waals surface area contributed by atoms with Crippen molar-refractivity contribution in [3.63, 3.8) is 0 Å². The summed E-state index contributed by atoms with van der Waals surface area (Å²) in [6.45, 7) is 8.87. The Morgan fingerprint density at radius 3 is 2.74 bits per heavy atom. The number of tetrazole rings is 1. The van der Waals surface area contributed by atoms with Crippen LogP contribution in [0, 0.1) is 10.1 Å². The molecule has 0 saturated heterocycles. The van der Waals surface area contributed by atoms with Crippen molar-refractivity contribution in [1.29, 1.82) is 0 Å². The number of imidazole rings is 1. The van der Waals surface area contributed by atoms with Crippen LogP contribution >= 0.6 is 11.6 Å². The topological polar surface area (TPSA) is 160 Å². The van der Waals surface area contributed by atoms with Gasteiger partial charge in [-0.3, -0.25) is 9.55 Å². The summed E-state index contributed by atoms with van der Waals surface area (Å²) in [4.78, 5) is 18.8. The van der Waals surface area contributed by atoms with Crippen LogP contribution in [0.4, 0.5) is 11.5 Å². The van der Waals surface area contributed by atoms with Crippen molar-refractivity contribution >= 4 is 34.0 Å². The number of aromatic nitrogens is 7. The van der Waals surface area contributed by atoms with Gasteiger partial charge in [-0.05, 0) is 90.9 Å². The molecule has 0 radical (unpaired) electrons. The van der Waals surface area contributed by atoms with E-state index in [4.69, 9.17) is 21.1 Å². The van der Waals surface area contributed by atoms with Crippen molar-refractivity contribution in [2.24, 2.45) is 0 Å². The summed E-state index contributed by atoms with van der Waals surface area (Å²) in [5.74, 6) is 0.504. The number of benzene rings is 2. The van der Waals surface area contributed by atoms with Gasteiger partial charge in [0.25, 0.3) is 0 Å². The van der Waals surface area contributed by atoms with Gasteiger partial charge in [-0.15, -0.1) is 5.10 Å². The first kappa shape index (κ1) is 32.3. The highest BCUT2D eigenvalue weighted by Crippen LogP contribution is 2.27. The molecule has 2 atom stereocenters. The summed E-state index contributed by atoms with van der Waals surface area (Å²) in [6.07, 6.45) is 4.80. The minimum Gasteiger partial charge on any atom is -0.443 e. The summed E-state index contributed by atoms with van der Waals surface area (Å²) >= 11 is 6.14. The van der Waals surface area contributed by atoms with E-state index < -0.39 is 4.92 Å². The highest BCUT2D eigenvalue weighted by Gasteiger charge is 2.29. The second-order valence-electron chi connectivity index (χ2n) is 12.4. The molecule has 0 bridgehead atoms. The summed E-state index contributed by atoms with van der Waals surface area (Å²) in [5.41, 5.74) is 3.63. The number of nitro groups is 1. The number of rotatable bonds is 13. The number of unbranched alkanes of at least 4 members (excludes halogenated alkanes) is 1. The van der Waals surface area contributed by atoms with Crippen molar-refractivity contribution in [2.75, 3.05) is 25.0 Å². The maximum Gasteiger partial charge on any atom is 0.414 e.